The molecular weight excluding hydrogens is 467 g/mol. The van der Waals surface area contributed by atoms with Crippen molar-refractivity contribution in [2.75, 3.05) is 24.1 Å². The van der Waals surface area contributed by atoms with E-state index in [0.29, 0.717) is 19.0 Å². The summed E-state index contributed by atoms with van der Waals surface area (Å²) in [6, 6.07) is 6.05. The number of benzene rings is 1. The maximum absolute atomic E-state index is 12.7. The van der Waals surface area contributed by atoms with Crippen LogP contribution < -0.4 is 26.8 Å². The van der Waals surface area contributed by atoms with Gasteiger partial charge in [0.2, 0.25) is 11.8 Å². The first-order chi connectivity index (χ1) is 16.7. The molecular formula is C22H30F3N7O3. The molecule has 0 aliphatic heterocycles. The third-order valence-electron chi connectivity index (χ3n) is 5.94. The zero-order valence-electron chi connectivity index (χ0n) is 19.2. The monoisotopic (exact) mass is 497 g/mol. The number of alkyl halides is 3. The van der Waals surface area contributed by atoms with Crippen LogP contribution in [0.3, 0.4) is 0 Å². The summed E-state index contributed by atoms with van der Waals surface area (Å²) in [5.74, 6) is -0.453. The molecule has 1 fully saturated rings. The van der Waals surface area contributed by atoms with E-state index in [-0.39, 0.29) is 46.9 Å². The third kappa shape index (κ3) is 7.92. The Labute approximate surface area is 200 Å². The first kappa shape index (κ1) is 26.4. The summed E-state index contributed by atoms with van der Waals surface area (Å²) in [6.45, 7) is 1.41. The van der Waals surface area contributed by atoms with Crippen molar-refractivity contribution in [3.8, 4) is 5.75 Å². The zero-order chi connectivity index (χ0) is 25.4. The van der Waals surface area contributed by atoms with Gasteiger partial charge >= 0.3 is 12.0 Å². The Balaban J connectivity index is 1.70. The first-order valence-electron chi connectivity index (χ1n) is 11.5. The molecule has 2 aromatic rings. The molecule has 1 aliphatic carbocycles. The minimum atomic E-state index is -4.84. The predicted octanol–water partition coefficient (Wildman–Crippen LogP) is 3.52. The number of aromatic nitrogens is 2. The van der Waals surface area contributed by atoms with Gasteiger partial charge in [0.1, 0.15) is 11.4 Å². The maximum Gasteiger partial charge on any atom is 0.573 e. The van der Waals surface area contributed by atoms with E-state index in [0.717, 1.165) is 38.6 Å². The van der Waals surface area contributed by atoms with Crippen LogP contribution in [0.1, 0.15) is 43.4 Å². The lowest BCUT2D eigenvalue weighted by Crippen LogP contribution is -2.35. The fraction of sp³-hybridized carbons (Fsp3) is 0.545. The molecule has 1 aliphatic rings. The van der Waals surface area contributed by atoms with Crippen molar-refractivity contribution in [3.63, 3.8) is 0 Å². The van der Waals surface area contributed by atoms with Crippen LogP contribution in [0.4, 0.5) is 30.6 Å². The van der Waals surface area contributed by atoms with Crippen LogP contribution in [0.25, 0.3) is 0 Å². The molecule has 192 valence electrons. The Morgan fingerprint density at radius 2 is 1.89 bits per heavy atom. The lowest BCUT2D eigenvalue weighted by molar-refractivity contribution is -0.385. The molecule has 1 heterocycles. The molecule has 3 rings (SSSR count). The van der Waals surface area contributed by atoms with E-state index in [1.165, 1.54) is 18.2 Å². The number of hydrogen-bond acceptors (Lipinski definition) is 9. The van der Waals surface area contributed by atoms with Crippen LogP contribution >= 0.6 is 0 Å². The van der Waals surface area contributed by atoms with Crippen LogP contribution in [0.15, 0.2) is 24.3 Å². The van der Waals surface area contributed by atoms with Crippen molar-refractivity contribution in [2.24, 2.45) is 11.7 Å². The van der Waals surface area contributed by atoms with Crippen molar-refractivity contribution in [3.05, 3.63) is 45.6 Å². The number of hydrogen-bond donors (Lipinski definition) is 4. The van der Waals surface area contributed by atoms with Crippen molar-refractivity contribution in [2.45, 2.75) is 57.5 Å². The molecule has 10 nitrogen and oxygen atoms in total. The number of halogens is 3. The Bertz CT molecular complexity index is 999. The second kappa shape index (κ2) is 12.0. The second-order valence-electron chi connectivity index (χ2n) is 8.51. The zero-order valence-corrected chi connectivity index (χ0v) is 19.2. The van der Waals surface area contributed by atoms with Crippen molar-refractivity contribution >= 4 is 17.5 Å². The molecule has 0 atom stereocenters. The highest BCUT2D eigenvalue weighted by atomic mass is 19.4. The van der Waals surface area contributed by atoms with Crippen LogP contribution in [0, 0.1) is 16.0 Å². The summed E-state index contributed by atoms with van der Waals surface area (Å²) in [4.78, 5) is 19.3. The number of ether oxygens (including phenoxy) is 1. The largest absolute Gasteiger partial charge is 0.573 e. The predicted molar refractivity (Wildman–Crippen MR) is 125 cm³/mol. The highest BCUT2D eigenvalue weighted by Gasteiger charge is 2.32. The molecule has 0 radical (unpaired) electrons. The minimum absolute atomic E-state index is 0.00190. The first-order valence-corrected chi connectivity index (χ1v) is 11.5. The normalized spacial score (nSPS) is 18.3. The molecule has 0 bridgehead atoms. The fourth-order valence-corrected chi connectivity index (χ4v) is 4.24. The van der Waals surface area contributed by atoms with Gasteiger partial charge in [-0.05, 0) is 63.6 Å². The smallest absolute Gasteiger partial charge is 0.405 e. The molecule has 35 heavy (non-hydrogen) atoms. The molecule has 1 aromatic carbocycles. The van der Waals surface area contributed by atoms with Gasteiger partial charge in [0, 0.05) is 18.2 Å². The number of para-hydroxylation sites is 1. The molecule has 1 aromatic heterocycles. The summed E-state index contributed by atoms with van der Waals surface area (Å²) in [6.07, 6.45) is 0.0976. The third-order valence-corrected chi connectivity index (χ3v) is 5.94. The number of nitrogens with zero attached hydrogens (tertiary/aromatic N) is 3. The fourth-order valence-electron chi connectivity index (χ4n) is 4.24. The van der Waals surface area contributed by atoms with Gasteiger partial charge in [0.15, 0.2) is 0 Å². The highest BCUT2D eigenvalue weighted by Crippen LogP contribution is 2.33. The molecule has 0 saturated heterocycles. The number of nitrogens with one attached hydrogen (secondary N) is 2. The van der Waals surface area contributed by atoms with Gasteiger partial charge in [-0.25, -0.2) is 4.98 Å². The molecule has 0 unspecified atom stereocenters. The quantitative estimate of drug-likeness (QED) is 0.207. The van der Waals surface area contributed by atoms with E-state index >= 15 is 0 Å². The van der Waals surface area contributed by atoms with Gasteiger partial charge in [-0.15, -0.1) is 13.2 Å². The standard InChI is InChI=1S/C22H30F3N7O3/c23-22(24,25)35-18-5-2-1-4-15(18)13-29-21-30-17(19(32(33)34)20(27)31-21)12-14-6-8-16(9-7-14)28-11-3-10-26/h1-2,4-5,14,16,28H,3,6-13,26H2,(H3,27,29,30,31). The SMILES string of the molecule is NCCCNC1CCC(Cc2nc(NCc3ccccc3OC(F)(F)F)nc(N)c2[N+](=O)[O-])CC1. The Morgan fingerprint density at radius 1 is 1.17 bits per heavy atom. The van der Waals surface area contributed by atoms with Gasteiger partial charge in [0.05, 0.1) is 4.92 Å². The molecule has 1 saturated carbocycles. The van der Waals surface area contributed by atoms with E-state index in [1.54, 1.807) is 6.07 Å². The summed E-state index contributed by atoms with van der Waals surface area (Å²) in [7, 11) is 0. The van der Waals surface area contributed by atoms with Crippen LogP contribution in [-0.4, -0.2) is 40.4 Å². The van der Waals surface area contributed by atoms with Gasteiger partial charge in [0.25, 0.3) is 0 Å². The van der Waals surface area contributed by atoms with Crippen LogP contribution in [0.5, 0.6) is 5.75 Å². The molecule has 6 N–H and O–H groups in total. The Morgan fingerprint density at radius 3 is 2.54 bits per heavy atom. The number of nitrogens with two attached hydrogens (primary N) is 2. The average molecular weight is 498 g/mol. The number of rotatable bonds is 11. The van der Waals surface area contributed by atoms with Gasteiger partial charge in [-0.1, -0.05) is 18.2 Å². The summed E-state index contributed by atoms with van der Waals surface area (Å²) in [5, 5.41) is 17.9. The summed E-state index contributed by atoms with van der Waals surface area (Å²) < 4.78 is 42.1. The van der Waals surface area contributed by atoms with Crippen molar-refractivity contribution < 1.29 is 22.8 Å². The topological polar surface area (TPSA) is 154 Å². The summed E-state index contributed by atoms with van der Waals surface area (Å²) in [5.41, 5.74) is 11.5. The van der Waals surface area contributed by atoms with Crippen LogP contribution in [-0.2, 0) is 13.0 Å². The Hall–Kier alpha value is -3.19. The lowest BCUT2D eigenvalue weighted by atomic mass is 9.83. The lowest BCUT2D eigenvalue weighted by Gasteiger charge is -2.29. The molecule has 0 amide bonds. The van der Waals surface area contributed by atoms with E-state index in [2.05, 4.69) is 25.3 Å². The summed E-state index contributed by atoms with van der Waals surface area (Å²) >= 11 is 0. The van der Waals surface area contributed by atoms with Crippen molar-refractivity contribution in [1.82, 2.24) is 15.3 Å². The van der Waals surface area contributed by atoms with Gasteiger partial charge in [-0.2, -0.15) is 4.98 Å². The highest BCUT2D eigenvalue weighted by molar-refractivity contribution is 5.58. The average Bonchev–Trinajstić information content (AvgIpc) is 2.78. The van der Waals surface area contributed by atoms with E-state index in [1.807, 2.05) is 0 Å². The number of nitro groups is 1. The van der Waals surface area contributed by atoms with E-state index in [4.69, 9.17) is 11.5 Å². The second-order valence-corrected chi connectivity index (χ2v) is 8.51. The number of anilines is 2. The van der Waals surface area contributed by atoms with Gasteiger partial charge < -0.3 is 26.8 Å². The van der Waals surface area contributed by atoms with Gasteiger partial charge in [-0.3, -0.25) is 10.1 Å². The van der Waals surface area contributed by atoms with Crippen molar-refractivity contribution in [1.29, 1.82) is 0 Å². The maximum atomic E-state index is 12.7. The Kier molecular flexibility index (Phi) is 9.04. The molecule has 13 heteroatoms. The number of nitrogen functional groups attached to an aromatic ring is 1. The van der Waals surface area contributed by atoms with E-state index < -0.39 is 11.3 Å². The minimum Gasteiger partial charge on any atom is -0.405 e. The van der Waals surface area contributed by atoms with Crippen LogP contribution in [0.2, 0.25) is 0 Å². The molecule has 0 spiro atoms. The van der Waals surface area contributed by atoms with E-state index in [9.17, 15) is 23.3 Å².